The zero-order valence-corrected chi connectivity index (χ0v) is 9.46. The van der Waals surface area contributed by atoms with E-state index >= 15 is 0 Å². The monoisotopic (exact) mass is 248 g/mol. The first-order chi connectivity index (χ1) is 8.74. The van der Waals surface area contributed by atoms with E-state index in [-0.39, 0.29) is 13.0 Å². The number of rotatable bonds is 5. The molecule has 2 heterocycles. The van der Waals surface area contributed by atoms with Gasteiger partial charge in [-0.2, -0.15) is 5.10 Å². The van der Waals surface area contributed by atoms with Crippen LogP contribution in [0.25, 0.3) is 16.1 Å². The summed E-state index contributed by atoms with van der Waals surface area (Å²) >= 11 is 0. The SMILES string of the molecule is [N-]=[N+]=NCCC(O)C(O)c1cnc2cccnn12. The quantitative estimate of drug-likeness (QED) is 0.462. The maximum absolute atomic E-state index is 9.99. The molecule has 0 aliphatic carbocycles. The van der Waals surface area contributed by atoms with Crippen LogP contribution >= 0.6 is 0 Å². The highest BCUT2D eigenvalue weighted by atomic mass is 16.3. The van der Waals surface area contributed by atoms with E-state index in [1.807, 2.05) is 0 Å². The topological polar surface area (TPSA) is 119 Å². The first-order valence-corrected chi connectivity index (χ1v) is 5.39. The zero-order chi connectivity index (χ0) is 13.0. The van der Waals surface area contributed by atoms with E-state index in [4.69, 9.17) is 5.53 Å². The minimum absolute atomic E-state index is 0.124. The van der Waals surface area contributed by atoms with Crippen molar-refractivity contribution in [3.63, 3.8) is 0 Å². The van der Waals surface area contributed by atoms with Crippen LogP contribution in [0.2, 0.25) is 0 Å². The maximum Gasteiger partial charge on any atom is 0.153 e. The van der Waals surface area contributed by atoms with Crippen LogP contribution in [0.5, 0.6) is 0 Å². The van der Waals surface area contributed by atoms with Gasteiger partial charge in [0.2, 0.25) is 0 Å². The minimum Gasteiger partial charge on any atom is -0.390 e. The Morgan fingerprint density at radius 2 is 2.33 bits per heavy atom. The number of hydrogen-bond acceptors (Lipinski definition) is 5. The summed E-state index contributed by atoms with van der Waals surface area (Å²) in [5.41, 5.74) is 9.13. The number of aliphatic hydroxyl groups is 2. The van der Waals surface area contributed by atoms with Crippen molar-refractivity contribution in [2.45, 2.75) is 18.6 Å². The molecule has 2 aromatic heterocycles. The standard InChI is InChI=1S/C10H12N6O2/c11-15-13-5-3-8(17)10(18)7-6-12-9-2-1-4-14-16(7)9/h1-2,4,6,8,10,17-18H,3,5H2. The Morgan fingerprint density at radius 1 is 1.50 bits per heavy atom. The zero-order valence-electron chi connectivity index (χ0n) is 9.46. The van der Waals surface area contributed by atoms with Crippen LogP contribution in [-0.4, -0.2) is 37.5 Å². The highest BCUT2D eigenvalue weighted by Crippen LogP contribution is 2.19. The molecule has 94 valence electrons. The van der Waals surface area contributed by atoms with E-state index < -0.39 is 12.2 Å². The molecule has 2 rings (SSSR count). The van der Waals surface area contributed by atoms with Crippen molar-refractivity contribution in [2.24, 2.45) is 5.11 Å². The fourth-order valence-corrected chi connectivity index (χ4v) is 1.64. The van der Waals surface area contributed by atoms with Crippen LogP contribution in [0, 0.1) is 0 Å². The Bertz CT molecular complexity index is 577. The molecule has 0 spiro atoms. The van der Waals surface area contributed by atoms with E-state index in [9.17, 15) is 10.2 Å². The molecular formula is C10H12N6O2. The molecule has 0 saturated carbocycles. The number of aliphatic hydroxyl groups excluding tert-OH is 2. The van der Waals surface area contributed by atoms with E-state index in [0.29, 0.717) is 11.3 Å². The predicted octanol–water partition coefficient (Wildman–Crippen LogP) is 0.824. The molecule has 2 aromatic rings. The molecular weight excluding hydrogens is 236 g/mol. The lowest BCUT2D eigenvalue weighted by Crippen LogP contribution is -2.20. The lowest BCUT2D eigenvalue weighted by atomic mass is 10.1. The molecule has 8 nitrogen and oxygen atoms in total. The predicted molar refractivity (Wildman–Crippen MR) is 62.6 cm³/mol. The van der Waals surface area contributed by atoms with Crippen molar-refractivity contribution >= 4 is 5.65 Å². The Hall–Kier alpha value is -2.15. The number of imidazole rings is 1. The van der Waals surface area contributed by atoms with E-state index in [0.717, 1.165) is 0 Å². The van der Waals surface area contributed by atoms with Crippen LogP contribution in [0.4, 0.5) is 0 Å². The summed E-state index contributed by atoms with van der Waals surface area (Å²) in [4.78, 5) is 6.65. The molecule has 0 saturated heterocycles. The molecule has 0 aliphatic heterocycles. The maximum atomic E-state index is 9.99. The molecule has 18 heavy (non-hydrogen) atoms. The van der Waals surface area contributed by atoms with Gasteiger partial charge in [0.25, 0.3) is 0 Å². The molecule has 0 bridgehead atoms. The summed E-state index contributed by atoms with van der Waals surface area (Å²) in [5.74, 6) is 0. The van der Waals surface area contributed by atoms with Gasteiger partial charge in [-0.15, -0.1) is 0 Å². The van der Waals surface area contributed by atoms with Crippen LogP contribution in [0.1, 0.15) is 18.2 Å². The molecule has 0 fully saturated rings. The largest absolute Gasteiger partial charge is 0.390 e. The highest BCUT2D eigenvalue weighted by Gasteiger charge is 2.21. The molecule has 0 aromatic carbocycles. The van der Waals surface area contributed by atoms with Gasteiger partial charge in [0.1, 0.15) is 6.10 Å². The lowest BCUT2D eigenvalue weighted by Gasteiger charge is -2.15. The molecule has 8 heteroatoms. The Balaban J connectivity index is 2.17. The van der Waals surface area contributed by atoms with Crippen molar-refractivity contribution < 1.29 is 10.2 Å². The molecule has 0 aliphatic rings. The first-order valence-electron chi connectivity index (χ1n) is 5.39. The van der Waals surface area contributed by atoms with Gasteiger partial charge in [0, 0.05) is 17.7 Å². The third-order valence-electron chi connectivity index (χ3n) is 2.56. The fourth-order valence-electron chi connectivity index (χ4n) is 1.64. The van der Waals surface area contributed by atoms with Gasteiger partial charge >= 0.3 is 0 Å². The summed E-state index contributed by atoms with van der Waals surface area (Å²) in [5, 5.41) is 27.1. The Kier molecular flexibility index (Phi) is 3.73. The Labute approximate surface area is 102 Å². The minimum atomic E-state index is -1.12. The van der Waals surface area contributed by atoms with Gasteiger partial charge in [-0.05, 0) is 24.1 Å². The second-order valence-electron chi connectivity index (χ2n) is 3.73. The normalized spacial score (nSPS) is 14.1. The fraction of sp³-hybridized carbons (Fsp3) is 0.400. The Morgan fingerprint density at radius 3 is 3.11 bits per heavy atom. The summed E-state index contributed by atoms with van der Waals surface area (Å²) < 4.78 is 1.46. The number of aromatic nitrogens is 3. The lowest BCUT2D eigenvalue weighted by molar-refractivity contribution is 0.0115. The average Bonchev–Trinajstić information content (AvgIpc) is 2.82. The van der Waals surface area contributed by atoms with Crippen molar-refractivity contribution in [2.75, 3.05) is 6.54 Å². The number of hydrogen-bond donors (Lipinski definition) is 2. The summed E-state index contributed by atoms with van der Waals surface area (Å²) in [7, 11) is 0. The third-order valence-corrected chi connectivity index (χ3v) is 2.56. The number of azide groups is 1. The summed E-state index contributed by atoms with van der Waals surface area (Å²) in [6.45, 7) is 0.124. The summed E-state index contributed by atoms with van der Waals surface area (Å²) in [6.07, 6.45) is 1.05. The van der Waals surface area contributed by atoms with Crippen LogP contribution in [0.3, 0.4) is 0 Å². The molecule has 0 radical (unpaired) electrons. The van der Waals surface area contributed by atoms with Gasteiger partial charge in [-0.3, -0.25) is 0 Å². The molecule has 2 N–H and O–H groups in total. The van der Waals surface area contributed by atoms with Crippen molar-refractivity contribution in [1.82, 2.24) is 14.6 Å². The molecule has 2 atom stereocenters. The van der Waals surface area contributed by atoms with Gasteiger partial charge in [0.15, 0.2) is 5.65 Å². The summed E-state index contributed by atoms with van der Waals surface area (Å²) in [6, 6.07) is 3.48. The van der Waals surface area contributed by atoms with E-state index in [1.54, 1.807) is 18.3 Å². The first kappa shape index (κ1) is 12.3. The van der Waals surface area contributed by atoms with Crippen LogP contribution < -0.4 is 0 Å². The molecule has 0 amide bonds. The van der Waals surface area contributed by atoms with Gasteiger partial charge < -0.3 is 10.2 Å². The van der Waals surface area contributed by atoms with Crippen LogP contribution in [0.15, 0.2) is 29.6 Å². The van der Waals surface area contributed by atoms with Crippen LogP contribution in [-0.2, 0) is 0 Å². The molecule has 2 unspecified atom stereocenters. The van der Waals surface area contributed by atoms with E-state index in [2.05, 4.69) is 20.1 Å². The second kappa shape index (κ2) is 5.46. The van der Waals surface area contributed by atoms with Crippen molar-refractivity contribution in [3.8, 4) is 0 Å². The smallest absolute Gasteiger partial charge is 0.153 e. The second-order valence-corrected chi connectivity index (χ2v) is 3.73. The van der Waals surface area contributed by atoms with E-state index in [1.165, 1.54) is 10.7 Å². The van der Waals surface area contributed by atoms with Gasteiger partial charge in [-0.25, -0.2) is 9.50 Å². The highest BCUT2D eigenvalue weighted by molar-refractivity contribution is 5.38. The van der Waals surface area contributed by atoms with Gasteiger partial charge in [0.05, 0.1) is 18.0 Å². The van der Waals surface area contributed by atoms with Crippen molar-refractivity contribution in [3.05, 3.63) is 40.7 Å². The number of nitrogens with zero attached hydrogens (tertiary/aromatic N) is 6. The number of fused-ring (bicyclic) bond motifs is 1. The third kappa shape index (κ3) is 2.40. The van der Waals surface area contributed by atoms with Gasteiger partial charge in [-0.1, -0.05) is 5.11 Å². The van der Waals surface area contributed by atoms with Crippen molar-refractivity contribution in [1.29, 1.82) is 0 Å². The average molecular weight is 248 g/mol.